The Morgan fingerprint density at radius 3 is 1.15 bits per heavy atom. The van der Waals surface area contributed by atoms with Crippen LogP contribution in [0.5, 0.6) is 0 Å². The highest BCUT2D eigenvalue weighted by atomic mass is 14.8. The molecule has 86 heavy (non-hydrogen) atoms. The van der Waals surface area contributed by atoms with Crippen LogP contribution in [0.3, 0.4) is 0 Å². The van der Waals surface area contributed by atoms with E-state index in [1.54, 1.807) is 6.20 Å². The van der Waals surface area contributed by atoms with Gasteiger partial charge in [0.15, 0.2) is 0 Å². The lowest BCUT2D eigenvalue weighted by Gasteiger charge is -2.13. The molecule has 17 aromatic rings. The summed E-state index contributed by atoms with van der Waals surface area (Å²) in [5, 5.41) is 8.59. The summed E-state index contributed by atoms with van der Waals surface area (Å²) in [6.07, 6.45) is 9.12. The van der Waals surface area contributed by atoms with Gasteiger partial charge in [-0.2, -0.15) is 0 Å². The number of pyridine rings is 10. The van der Waals surface area contributed by atoms with Gasteiger partial charge in [0.25, 0.3) is 0 Å². The molecule has 10 heteroatoms. The van der Waals surface area contributed by atoms with Crippen LogP contribution < -0.4 is 0 Å². The zero-order chi connectivity index (χ0) is 56.9. The molecule has 10 heterocycles. The monoisotopic (exact) mass is 1100 g/mol. The number of benzene rings is 7. The fraction of sp³-hybridized carbons (Fsp3) is 0. The number of fused-ring (bicyclic) bond motifs is 11. The molecular formula is C76H46N10. The third-order valence-electron chi connectivity index (χ3n) is 16.0. The molecule has 400 valence electrons. The summed E-state index contributed by atoms with van der Waals surface area (Å²) in [4.78, 5) is 48.5. The van der Waals surface area contributed by atoms with Crippen LogP contribution in [0.15, 0.2) is 280 Å². The molecule has 0 aliphatic heterocycles. The quantitative estimate of drug-likeness (QED) is 0.112. The first-order valence-electron chi connectivity index (χ1n) is 28.4. The van der Waals surface area contributed by atoms with Crippen molar-refractivity contribution in [3.63, 3.8) is 0 Å². The molecule has 0 fully saturated rings. The van der Waals surface area contributed by atoms with Crippen LogP contribution in [-0.4, -0.2) is 49.8 Å². The predicted octanol–water partition coefficient (Wildman–Crippen LogP) is 18.2. The van der Waals surface area contributed by atoms with Gasteiger partial charge in [0.2, 0.25) is 0 Å². The molecule has 0 saturated heterocycles. The molecule has 0 bridgehead atoms. The van der Waals surface area contributed by atoms with Crippen LogP contribution in [0.25, 0.3) is 166 Å². The highest BCUT2D eigenvalue weighted by Gasteiger charge is 2.18. The summed E-state index contributed by atoms with van der Waals surface area (Å²) < 4.78 is 0. The van der Waals surface area contributed by atoms with Crippen molar-refractivity contribution < 1.29 is 0 Å². The fourth-order valence-corrected chi connectivity index (χ4v) is 11.8. The van der Waals surface area contributed by atoms with Crippen LogP contribution in [-0.2, 0) is 0 Å². The van der Waals surface area contributed by atoms with Crippen molar-refractivity contribution in [2.75, 3.05) is 0 Å². The number of hydrogen-bond acceptors (Lipinski definition) is 10. The van der Waals surface area contributed by atoms with Crippen molar-refractivity contribution in [1.82, 2.24) is 49.8 Å². The van der Waals surface area contributed by atoms with E-state index in [4.69, 9.17) is 34.9 Å². The van der Waals surface area contributed by atoms with Gasteiger partial charge >= 0.3 is 0 Å². The second kappa shape index (κ2) is 21.1. The standard InChI is InChI=1S/C39H23N5.C37H23N5/c1-2-6-34-30(5-1)35(26-19-22-40-23-20-26)31-16-13-29-15-18-33(43-38(29)39(31)44-34)25-9-7-24(8-10-25)32-17-14-28-12-11-27-4-3-21-41-36(27)37(28)42-32;1-2-9-31-27(8-1)35(34-11-4-6-23-39-34)28-20-18-26-19-21-30(41-36(26)37(28)42-31)25-16-14-24(15-17-25)29-12-7-13-33(40-29)32-10-3-5-22-38-32/h1-23H;1-23H. The van der Waals surface area contributed by atoms with Crippen LogP contribution in [0.1, 0.15) is 0 Å². The lowest BCUT2D eigenvalue weighted by atomic mass is 9.95. The molecule has 0 radical (unpaired) electrons. The minimum Gasteiger partial charge on any atom is -0.265 e. The van der Waals surface area contributed by atoms with Crippen molar-refractivity contribution in [3.05, 3.63) is 280 Å². The summed E-state index contributed by atoms with van der Waals surface area (Å²) in [5.74, 6) is 0. The van der Waals surface area contributed by atoms with Crippen LogP contribution >= 0.6 is 0 Å². The Labute approximate surface area is 493 Å². The maximum absolute atomic E-state index is 5.19. The molecule has 0 N–H and O–H groups in total. The zero-order valence-electron chi connectivity index (χ0n) is 46.0. The van der Waals surface area contributed by atoms with E-state index >= 15 is 0 Å². The number of aromatic nitrogens is 10. The average molecular weight is 1100 g/mol. The van der Waals surface area contributed by atoms with E-state index in [1.807, 2.05) is 97.6 Å². The van der Waals surface area contributed by atoms with Crippen LogP contribution in [0.2, 0.25) is 0 Å². The summed E-state index contributed by atoms with van der Waals surface area (Å²) in [6, 6.07) is 84.8. The van der Waals surface area contributed by atoms with Gasteiger partial charge in [-0.15, -0.1) is 0 Å². The van der Waals surface area contributed by atoms with E-state index < -0.39 is 0 Å². The van der Waals surface area contributed by atoms with Gasteiger partial charge in [-0.1, -0.05) is 164 Å². The minimum absolute atomic E-state index is 0.852. The Morgan fingerprint density at radius 2 is 0.605 bits per heavy atom. The topological polar surface area (TPSA) is 129 Å². The molecular weight excluding hydrogens is 1050 g/mol. The molecule has 0 aliphatic carbocycles. The van der Waals surface area contributed by atoms with Crippen molar-refractivity contribution in [2.45, 2.75) is 0 Å². The van der Waals surface area contributed by atoms with Crippen molar-refractivity contribution in [2.24, 2.45) is 0 Å². The number of hydrogen-bond donors (Lipinski definition) is 0. The van der Waals surface area contributed by atoms with Crippen molar-refractivity contribution >= 4 is 87.2 Å². The Balaban J connectivity index is 0.000000140. The maximum atomic E-state index is 5.19. The SMILES string of the molecule is c1ccc(-c2cccc(-c3ccc(-c4ccc5ccc6c(-c7ccccn7)c7ccccc7nc6c5n4)cc3)n2)nc1.c1cnc2c(c1)ccc1ccc(-c3ccc(-c4ccc5ccc6c(-c7ccncc7)c7ccccc7nc6c5n4)cc3)nc12. The predicted molar refractivity (Wildman–Crippen MR) is 349 cm³/mol. The molecule has 10 nitrogen and oxygen atoms in total. The van der Waals surface area contributed by atoms with E-state index in [1.165, 1.54) is 0 Å². The average Bonchev–Trinajstić information content (AvgIpc) is 1.01. The number of nitrogens with zero attached hydrogens (tertiary/aromatic N) is 10. The van der Waals surface area contributed by atoms with Crippen LogP contribution in [0.4, 0.5) is 0 Å². The van der Waals surface area contributed by atoms with Crippen molar-refractivity contribution in [3.8, 4) is 78.8 Å². The van der Waals surface area contributed by atoms with E-state index in [-0.39, 0.29) is 0 Å². The number of rotatable bonds is 7. The smallest absolute Gasteiger partial charge is 0.0979 e. The van der Waals surface area contributed by atoms with Gasteiger partial charge in [0, 0.05) is 107 Å². The molecule has 0 amide bonds. The largest absolute Gasteiger partial charge is 0.265 e. The second-order valence-corrected chi connectivity index (χ2v) is 21.1. The lowest BCUT2D eigenvalue weighted by molar-refractivity contribution is 1.25. The van der Waals surface area contributed by atoms with Gasteiger partial charge in [0.1, 0.15) is 0 Å². The summed E-state index contributed by atoms with van der Waals surface area (Å²) in [5.41, 5.74) is 21.0. The molecule has 0 saturated carbocycles. The second-order valence-electron chi connectivity index (χ2n) is 21.1. The lowest BCUT2D eigenvalue weighted by Crippen LogP contribution is -1.94. The molecule has 0 spiro atoms. The summed E-state index contributed by atoms with van der Waals surface area (Å²) in [7, 11) is 0. The van der Waals surface area contributed by atoms with Gasteiger partial charge < -0.3 is 0 Å². The Kier molecular flexibility index (Phi) is 12.3. The number of para-hydroxylation sites is 2. The third-order valence-corrected chi connectivity index (χ3v) is 16.0. The van der Waals surface area contributed by atoms with Gasteiger partial charge in [-0.3, -0.25) is 19.9 Å². The molecule has 0 aliphatic rings. The molecule has 10 aromatic heterocycles. The van der Waals surface area contributed by atoms with E-state index in [0.717, 1.165) is 166 Å². The first-order chi connectivity index (χ1) is 42.6. The highest BCUT2D eigenvalue weighted by molar-refractivity contribution is 6.17. The summed E-state index contributed by atoms with van der Waals surface area (Å²) >= 11 is 0. The fourth-order valence-electron chi connectivity index (χ4n) is 11.8. The van der Waals surface area contributed by atoms with Gasteiger partial charge in [0.05, 0.1) is 84.0 Å². The van der Waals surface area contributed by atoms with Gasteiger partial charge in [-0.05, 0) is 90.5 Å². The van der Waals surface area contributed by atoms with E-state index in [2.05, 4.69) is 191 Å². The third kappa shape index (κ3) is 9.02. The highest BCUT2D eigenvalue weighted by Crippen LogP contribution is 2.40. The zero-order valence-corrected chi connectivity index (χ0v) is 46.0. The summed E-state index contributed by atoms with van der Waals surface area (Å²) in [6.45, 7) is 0. The van der Waals surface area contributed by atoms with Crippen molar-refractivity contribution in [1.29, 1.82) is 0 Å². The molecule has 17 rings (SSSR count). The Hall–Kier alpha value is -11.9. The minimum atomic E-state index is 0.852. The van der Waals surface area contributed by atoms with Gasteiger partial charge in [-0.25, -0.2) is 29.9 Å². The Morgan fingerprint density at radius 1 is 0.186 bits per heavy atom. The first-order valence-corrected chi connectivity index (χ1v) is 28.4. The molecule has 0 atom stereocenters. The molecule has 7 aromatic carbocycles. The first kappa shape index (κ1) is 49.9. The molecule has 0 unspecified atom stereocenters. The maximum Gasteiger partial charge on any atom is 0.0979 e. The van der Waals surface area contributed by atoms with Crippen LogP contribution in [0, 0.1) is 0 Å². The van der Waals surface area contributed by atoms with E-state index in [0.29, 0.717) is 0 Å². The normalized spacial score (nSPS) is 11.5. The van der Waals surface area contributed by atoms with E-state index in [9.17, 15) is 0 Å². The Bertz CT molecular complexity index is 5450.